The van der Waals surface area contributed by atoms with Crippen molar-refractivity contribution in [2.75, 3.05) is 13.2 Å². The van der Waals surface area contributed by atoms with Crippen LogP contribution >= 0.6 is 15.9 Å². The highest BCUT2D eigenvalue weighted by molar-refractivity contribution is 9.10. The average Bonchev–Trinajstić information content (AvgIpc) is 2.36. The number of aliphatic hydroxyl groups excluding tert-OH is 1. The molecule has 3 nitrogen and oxygen atoms in total. The lowest BCUT2D eigenvalue weighted by Crippen LogP contribution is -2.16. The number of rotatable bonds is 9. The van der Waals surface area contributed by atoms with E-state index < -0.39 is 6.61 Å². The van der Waals surface area contributed by atoms with Gasteiger partial charge in [0.05, 0.1) is 0 Å². The van der Waals surface area contributed by atoms with Gasteiger partial charge in [0.15, 0.2) is 0 Å². The van der Waals surface area contributed by atoms with Crippen molar-refractivity contribution >= 4 is 15.9 Å². The molecule has 0 bridgehead atoms. The summed E-state index contributed by atoms with van der Waals surface area (Å²) in [5.74, 6) is 0.195. The Balaban J connectivity index is 2.44. The molecule has 2 N–H and O–H groups in total. The first-order valence-electron chi connectivity index (χ1n) is 6.18. The first-order valence-corrected chi connectivity index (χ1v) is 6.97. The average molecular weight is 338 g/mol. The third-order valence-corrected chi connectivity index (χ3v) is 3.06. The molecule has 0 radical (unpaired) electrons. The molecule has 0 aliphatic heterocycles. The van der Waals surface area contributed by atoms with Crippen LogP contribution in [-0.4, -0.2) is 24.9 Å². The Morgan fingerprint density at radius 2 is 2.05 bits per heavy atom. The maximum atomic E-state index is 12.3. The topological polar surface area (TPSA) is 41.5 Å². The normalized spacial score (nSPS) is 11.0. The molecular formula is C13H18BrF2NO2. The Kier molecular flexibility index (Phi) is 7.93. The van der Waals surface area contributed by atoms with E-state index in [1.807, 2.05) is 0 Å². The van der Waals surface area contributed by atoms with Crippen LogP contribution in [0.25, 0.3) is 0 Å². The number of aliphatic hydroxyl groups is 1. The minimum absolute atomic E-state index is 0.195. The Labute approximate surface area is 120 Å². The predicted molar refractivity (Wildman–Crippen MR) is 73.4 cm³/mol. The number of halogens is 3. The minimum Gasteiger partial charge on any atom is -0.434 e. The fourth-order valence-electron chi connectivity index (χ4n) is 1.66. The van der Waals surface area contributed by atoms with E-state index >= 15 is 0 Å². The van der Waals surface area contributed by atoms with Crippen LogP contribution in [0.3, 0.4) is 0 Å². The van der Waals surface area contributed by atoms with E-state index in [2.05, 4.69) is 26.0 Å². The standard InChI is InChI=1S/C13H18BrF2NO2/c14-11-4-5-12(19-13(15)16)10(8-11)9-17-6-2-1-3-7-18/h4-5,8,13,17-18H,1-3,6-7,9H2. The van der Waals surface area contributed by atoms with Crippen LogP contribution in [0.15, 0.2) is 22.7 Å². The van der Waals surface area contributed by atoms with Crippen molar-refractivity contribution in [2.24, 2.45) is 0 Å². The molecule has 0 fully saturated rings. The smallest absolute Gasteiger partial charge is 0.387 e. The zero-order valence-electron chi connectivity index (χ0n) is 10.5. The molecule has 0 amide bonds. The van der Waals surface area contributed by atoms with Crippen molar-refractivity contribution in [3.05, 3.63) is 28.2 Å². The third-order valence-electron chi connectivity index (χ3n) is 2.57. The maximum absolute atomic E-state index is 12.3. The van der Waals surface area contributed by atoms with Crippen molar-refractivity contribution in [1.29, 1.82) is 0 Å². The number of unbranched alkanes of at least 4 members (excludes halogenated alkanes) is 2. The van der Waals surface area contributed by atoms with Gasteiger partial charge in [0.2, 0.25) is 0 Å². The Morgan fingerprint density at radius 3 is 2.74 bits per heavy atom. The van der Waals surface area contributed by atoms with Crippen molar-refractivity contribution in [3.63, 3.8) is 0 Å². The molecule has 1 aromatic rings. The Hall–Kier alpha value is -0.720. The van der Waals surface area contributed by atoms with E-state index in [0.29, 0.717) is 12.1 Å². The van der Waals surface area contributed by atoms with E-state index in [0.717, 1.165) is 30.3 Å². The SMILES string of the molecule is OCCCCCNCc1cc(Br)ccc1OC(F)F. The molecule has 0 spiro atoms. The first kappa shape index (κ1) is 16.3. The van der Waals surface area contributed by atoms with Gasteiger partial charge in [-0.05, 0) is 44.0 Å². The molecule has 0 aliphatic carbocycles. The highest BCUT2D eigenvalue weighted by Crippen LogP contribution is 2.24. The lowest BCUT2D eigenvalue weighted by molar-refractivity contribution is -0.0505. The second-order valence-electron chi connectivity index (χ2n) is 4.09. The summed E-state index contributed by atoms with van der Waals surface area (Å²) in [7, 11) is 0. The fraction of sp³-hybridized carbons (Fsp3) is 0.538. The van der Waals surface area contributed by atoms with Gasteiger partial charge < -0.3 is 15.2 Å². The molecule has 108 valence electrons. The molecule has 0 saturated heterocycles. The molecule has 1 aromatic carbocycles. The summed E-state index contributed by atoms with van der Waals surface area (Å²) in [5, 5.41) is 11.8. The van der Waals surface area contributed by atoms with Crippen LogP contribution in [0.2, 0.25) is 0 Å². The second kappa shape index (κ2) is 9.23. The molecule has 0 saturated carbocycles. The molecule has 6 heteroatoms. The van der Waals surface area contributed by atoms with Crippen molar-refractivity contribution in [3.8, 4) is 5.75 Å². The van der Waals surface area contributed by atoms with Gasteiger partial charge in [-0.25, -0.2) is 0 Å². The van der Waals surface area contributed by atoms with Crippen molar-refractivity contribution < 1.29 is 18.6 Å². The molecule has 0 aliphatic rings. The van der Waals surface area contributed by atoms with Crippen LogP contribution < -0.4 is 10.1 Å². The molecule has 0 unspecified atom stereocenters. The van der Waals surface area contributed by atoms with Crippen molar-refractivity contribution in [1.82, 2.24) is 5.32 Å². The molecule has 19 heavy (non-hydrogen) atoms. The quantitative estimate of drug-likeness (QED) is 0.679. The number of hydrogen-bond donors (Lipinski definition) is 2. The van der Waals surface area contributed by atoms with E-state index in [9.17, 15) is 8.78 Å². The second-order valence-corrected chi connectivity index (χ2v) is 5.01. The Bertz CT molecular complexity index is 378. The van der Waals surface area contributed by atoms with Gasteiger partial charge in [0.25, 0.3) is 0 Å². The van der Waals surface area contributed by atoms with Crippen LogP contribution in [-0.2, 0) is 6.54 Å². The zero-order chi connectivity index (χ0) is 14.1. The fourth-order valence-corrected chi connectivity index (χ4v) is 2.07. The lowest BCUT2D eigenvalue weighted by atomic mass is 10.2. The van der Waals surface area contributed by atoms with E-state index in [1.54, 1.807) is 12.1 Å². The van der Waals surface area contributed by atoms with Gasteiger partial charge in [-0.15, -0.1) is 0 Å². The molecular weight excluding hydrogens is 320 g/mol. The molecule has 0 heterocycles. The third kappa shape index (κ3) is 6.84. The number of benzene rings is 1. The summed E-state index contributed by atoms with van der Waals surface area (Å²) in [5.41, 5.74) is 0.692. The lowest BCUT2D eigenvalue weighted by Gasteiger charge is -2.12. The summed E-state index contributed by atoms with van der Waals surface area (Å²) < 4.78 is 29.8. The monoisotopic (exact) mass is 337 g/mol. The van der Waals surface area contributed by atoms with Gasteiger partial charge >= 0.3 is 6.61 Å². The molecule has 0 aromatic heterocycles. The highest BCUT2D eigenvalue weighted by Gasteiger charge is 2.09. The van der Waals surface area contributed by atoms with Crippen LogP contribution in [0.1, 0.15) is 24.8 Å². The summed E-state index contributed by atoms with van der Waals surface area (Å²) >= 11 is 3.31. The number of ether oxygens (including phenoxy) is 1. The Morgan fingerprint density at radius 1 is 1.26 bits per heavy atom. The summed E-state index contributed by atoms with van der Waals surface area (Å²) in [4.78, 5) is 0. The van der Waals surface area contributed by atoms with Gasteiger partial charge in [-0.1, -0.05) is 15.9 Å². The van der Waals surface area contributed by atoms with Gasteiger partial charge in [0.1, 0.15) is 5.75 Å². The summed E-state index contributed by atoms with van der Waals surface area (Å²) in [6.07, 6.45) is 2.68. The number of alkyl halides is 2. The van der Waals surface area contributed by atoms with E-state index in [-0.39, 0.29) is 12.4 Å². The van der Waals surface area contributed by atoms with Crippen molar-refractivity contribution in [2.45, 2.75) is 32.4 Å². The molecule has 1 rings (SSSR count). The predicted octanol–water partition coefficient (Wildman–Crippen LogP) is 3.30. The summed E-state index contributed by atoms with van der Waals surface area (Å²) in [6.45, 7) is -1.36. The van der Waals surface area contributed by atoms with Gasteiger partial charge in [0, 0.05) is 23.2 Å². The summed E-state index contributed by atoms with van der Waals surface area (Å²) in [6, 6.07) is 4.96. The minimum atomic E-state index is -2.82. The first-order chi connectivity index (χ1) is 9.13. The largest absolute Gasteiger partial charge is 0.434 e. The number of hydrogen-bond acceptors (Lipinski definition) is 3. The van der Waals surface area contributed by atoms with Gasteiger partial charge in [-0.2, -0.15) is 8.78 Å². The molecule has 0 atom stereocenters. The maximum Gasteiger partial charge on any atom is 0.387 e. The van der Waals surface area contributed by atoms with E-state index in [1.165, 1.54) is 6.07 Å². The zero-order valence-corrected chi connectivity index (χ0v) is 12.1. The van der Waals surface area contributed by atoms with Crippen LogP contribution in [0.4, 0.5) is 8.78 Å². The number of nitrogens with one attached hydrogen (secondary N) is 1. The highest BCUT2D eigenvalue weighted by atomic mass is 79.9. The van der Waals surface area contributed by atoms with E-state index in [4.69, 9.17) is 5.11 Å². The van der Waals surface area contributed by atoms with Crippen LogP contribution in [0, 0.1) is 0 Å². The van der Waals surface area contributed by atoms with Crippen LogP contribution in [0.5, 0.6) is 5.75 Å². The van der Waals surface area contributed by atoms with Gasteiger partial charge in [-0.3, -0.25) is 0 Å².